The van der Waals surface area contributed by atoms with Crippen molar-refractivity contribution in [3.63, 3.8) is 0 Å². The number of carbonyl (C=O) groups is 1. The molecule has 0 atom stereocenters. The van der Waals surface area contributed by atoms with Gasteiger partial charge in [-0.1, -0.05) is 44.2 Å². The van der Waals surface area contributed by atoms with Crippen LogP contribution in [0.25, 0.3) is 22.0 Å². The Morgan fingerprint density at radius 2 is 1.71 bits per heavy atom. The van der Waals surface area contributed by atoms with Crippen molar-refractivity contribution in [2.45, 2.75) is 20.3 Å². The summed E-state index contributed by atoms with van der Waals surface area (Å²) in [6.45, 7) is 4.00. The number of aromatic amines is 1. The predicted octanol–water partition coefficient (Wildman–Crippen LogP) is 3.91. The lowest BCUT2D eigenvalue weighted by atomic mass is 10.0. The molecule has 4 nitrogen and oxygen atoms in total. The maximum atomic E-state index is 12.3. The van der Waals surface area contributed by atoms with E-state index in [1.54, 1.807) is 6.07 Å². The highest BCUT2D eigenvalue weighted by Crippen LogP contribution is 2.39. The summed E-state index contributed by atoms with van der Waals surface area (Å²) in [6, 6.07) is 13.0. The van der Waals surface area contributed by atoms with Crippen LogP contribution in [0.4, 0.5) is 0 Å². The molecule has 0 fully saturated rings. The largest absolute Gasteiger partial charge is 0.465 e. The summed E-state index contributed by atoms with van der Waals surface area (Å²) in [7, 11) is 1.38. The Kier molecular flexibility index (Phi) is 4.21. The van der Waals surface area contributed by atoms with Crippen LogP contribution in [0.15, 0.2) is 47.3 Å². The highest BCUT2D eigenvalue weighted by Gasteiger charge is 2.26. The summed E-state index contributed by atoms with van der Waals surface area (Å²) in [5.41, 5.74) is 4.13. The monoisotopic (exact) mass is 321 g/mol. The van der Waals surface area contributed by atoms with Gasteiger partial charge in [0, 0.05) is 17.4 Å². The fourth-order valence-corrected chi connectivity index (χ4v) is 3.24. The summed E-state index contributed by atoms with van der Waals surface area (Å²) >= 11 is 0. The molecule has 0 saturated heterocycles. The van der Waals surface area contributed by atoms with Gasteiger partial charge in [-0.25, -0.2) is 4.79 Å². The van der Waals surface area contributed by atoms with Gasteiger partial charge >= 0.3 is 5.97 Å². The molecular formula is C20H19NO3. The van der Waals surface area contributed by atoms with Gasteiger partial charge in [-0.05, 0) is 28.6 Å². The number of H-pyrrole nitrogens is 1. The van der Waals surface area contributed by atoms with E-state index in [2.05, 4.69) is 4.98 Å². The smallest absolute Gasteiger partial charge is 0.338 e. The summed E-state index contributed by atoms with van der Waals surface area (Å²) in [5, 5.41) is 1.61. The fourth-order valence-electron chi connectivity index (χ4n) is 3.24. The number of methoxy groups -OCH3 is 1. The number of hydrogen-bond acceptors (Lipinski definition) is 3. The summed E-state index contributed by atoms with van der Waals surface area (Å²) < 4.78 is 4.86. The third-order valence-electron chi connectivity index (χ3n) is 4.24. The predicted molar refractivity (Wildman–Crippen MR) is 95.5 cm³/mol. The zero-order chi connectivity index (χ0) is 17.3. The second kappa shape index (κ2) is 6.32. The Balaban J connectivity index is 0.000000815. The van der Waals surface area contributed by atoms with Crippen molar-refractivity contribution >= 4 is 16.7 Å². The Hall–Kier alpha value is -2.88. The van der Waals surface area contributed by atoms with E-state index in [1.165, 1.54) is 7.11 Å². The standard InChI is InChI=1S/C18H13NO3.C2H6/c1-22-18(21)13-8-4-7-11-14(13)9-15-10-5-2-3-6-12(10)17(20)19-16(11)15;1-2/h2-8H,9H2,1H3,(H,19,20);1-2H3. The number of nitrogens with one attached hydrogen (secondary N) is 1. The van der Waals surface area contributed by atoms with Gasteiger partial charge in [0.25, 0.3) is 5.56 Å². The van der Waals surface area contributed by atoms with E-state index in [0.29, 0.717) is 17.4 Å². The SMILES string of the molecule is CC.COC(=O)c1cccc2c1Cc1c-2[nH]c(=O)c2ccccc12. The molecule has 24 heavy (non-hydrogen) atoms. The number of fused-ring (bicyclic) bond motifs is 5. The Morgan fingerprint density at radius 3 is 2.42 bits per heavy atom. The van der Waals surface area contributed by atoms with E-state index in [-0.39, 0.29) is 11.5 Å². The van der Waals surface area contributed by atoms with Crippen LogP contribution in [-0.4, -0.2) is 18.1 Å². The average Bonchev–Trinajstić information content (AvgIpc) is 3.02. The van der Waals surface area contributed by atoms with E-state index in [0.717, 1.165) is 27.8 Å². The normalized spacial score (nSPS) is 11.3. The Bertz CT molecular complexity index is 986. The number of benzene rings is 2. The molecule has 2 aromatic carbocycles. The van der Waals surface area contributed by atoms with Gasteiger partial charge in [0.15, 0.2) is 0 Å². The second-order valence-electron chi connectivity index (χ2n) is 5.35. The van der Waals surface area contributed by atoms with E-state index in [9.17, 15) is 9.59 Å². The maximum absolute atomic E-state index is 12.3. The van der Waals surface area contributed by atoms with E-state index >= 15 is 0 Å². The molecule has 1 aromatic heterocycles. The van der Waals surface area contributed by atoms with Gasteiger partial charge in [-0.15, -0.1) is 0 Å². The van der Waals surface area contributed by atoms with Gasteiger partial charge in [0.2, 0.25) is 0 Å². The Labute approximate surface area is 140 Å². The van der Waals surface area contributed by atoms with Crippen molar-refractivity contribution in [1.82, 2.24) is 4.98 Å². The van der Waals surface area contributed by atoms with Gasteiger partial charge in [-0.3, -0.25) is 4.79 Å². The number of pyridine rings is 1. The number of aromatic nitrogens is 1. The molecule has 0 spiro atoms. The van der Waals surface area contributed by atoms with Gasteiger partial charge in [0.1, 0.15) is 0 Å². The van der Waals surface area contributed by atoms with Crippen LogP contribution >= 0.6 is 0 Å². The minimum Gasteiger partial charge on any atom is -0.465 e. The van der Waals surface area contributed by atoms with Crippen molar-refractivity contribution in [3.8, 4) is 11.3 Å². The van der Waals surface area contributed by atoms with Crippen molar-refractivity contribution < 1.29 is 9.53 Å². The molecule has 0 unspecified atom stereocenters. The topological polar surface area (TPSA) is 59.2 Å². The van der Waals surface area contributed by atoms with Crippen molar-refractivity contribution in [2.75, 3.05) is 7.11 Å². The molecule has 1 N–H and O–H groups in total. The molecule has 0 bridgehead atoms. The molecule has 122 valence electrons. The lowest BCUT2D eigenvalue weighted by molar-refractivity contribution is 0.0600. The molecule has 4 heteroatoms. The van der Waals surface area contributed by atoms with Crippen LogP contribution < -0.4 is 5.56 Å². The first-order valence-electron chi connectivity index (χ1n) is 8.05. The number of hydrogen-bond donors (Lipinski definition) is 1. The summed E-state index contributed by atoms with van der Waals surface area (Å²) in [4.78, 5) is 27.2. The van der Waals surface area contributed by atoms with Crippen LogP contribution in [0.2, 0.25) is 0 Å². The van der Waals surface area contributed by atoms with E-state index in [1.807, 2.05) is 50.2 Å². The van der Waals surface area contributed by atoms with Crippen molar-refractivity contribution in [3.05, 3.63) is 69.5 Å². The van der Waals surface area contributed by atoms with Gasteiger partial charge in [0.05, 0.1) is 18.4 Å². The molecule has 0 radical (unpaired) electrons. The number of esters is 1. The molecule has 1 heterocycles. The minimum atomic E-state index is -0.351. The minimum absolute atomic E-state index is 0.106. The summed E-state index contributed by atoms with van der Waals surface area (Å²) in [6.07, 6.45) is 0.618. The van der Waals surface area contributed by atoms with Crippen LogP contribution in [0, 0.1) is 0 Å². The summed E-state index contributed by atoms with van der Waals surface area (Å²) in [5.74, 6) is -0.351. The third-order valence-corrected chi connectivity index (χ3v) is 4.24. The molecule has 0 aliphatic heterocycles. The van der Waals surface area contributed by atoms with Crippen molar-refractivity contribution in [2.24, 2.45) is 0 Å². The third kappa shape index (κ3) is 2.31. The molecule has 0 amide bonds. The molecular weight excluding hydrogens is 302 g/mol. The number of rotatable bonds is 1. The van der Waals surface area contributed by atoms with Crippen molar-refractivity contribution in [1.29, 1.82) is 0 Å². The first-order chi connectivity index (χ1) is 11.7. The first-order valence-corrected chi connectivity index (χ1v) is 8.05. The zero-order valence-corrected chi connectivity index (χ0v) is 14.0. The van der Waals surface area contributed by atoms with Crippen LogP contribution in [0.5, 0.6) is 0 Å². The highest BCUT2D eigenvalue weighted by atomic mass is 16.5. The first kappa shape index (κ1) is 16.0. The van der Waals surface area contributed by atoms with Crippen LogP contribution in [-0.2, 0) is 11.2 Å². The van der Waals surface area contributed by atoms with Gasteiger partial charge < -0.3 is 9.72 Å². The quantitative estimate of drug-likeness (QED) is 0.541. The lowest BCUT2D eigenvalue weighted by Gasteiger charge is -2.05. The molecule has 3 aromatic rings. The fraction of sp³-hybridized carbons (Fsp3) is 0.200. The number of ether oxygens (including phenoxy) is 1. The van der Waals surface area contributed by atoms with E-state index in [4.69, 9.17) is 4.74 Å². The molecule has 1 aliphatic carbocycles. The molecule has 0 saturated carbocycles. The Morgan fingerprint density at radius 1 is 1.00 bits per heavy atom. The maximum Gasteiger partial charge on any atom is 0.338 e. The van der Waals surface area contributed by atoms with E-state index < -0.39 is 0 Å². The highest BCUT2D eigenvalue weighted by molar-refractivity contribution is 5.98. The molecule has 4 rings (SSSR count). The lowest BCUT2D eigenvalue weighted by Crippen LogP contribution is -2.08. The van der Waals surface area contributed by atoms with Crippen LogP contribution in [0.3, 0.4) is 0 Å². The average molecular weight is 321 g/mol. The second-order valence-corrected chi connectivity index (χ2v) is 5.35. The van der Waals surface area contributed by atoms with Crippen LogP contribution in [0.1, 0.15) is 35.3 Å². The zero-order valence-electron chi connectivity index (χ0n) is 14.0. The van der Waals surface area contributed by atoms with Gasteiger partial charge in [-0.2, -0.15) is 0 Å². The number of carbonyl (C=O) groups excluding carboxylic acids is 1. The molecule has 1 aliphatic rings.